The largest absolute Gasteiger partial charge is 0.364 e. The number of carbonyl (C=O) groups is 1. The molecule has 0 atom stereocenters. The van der Waals surface area contributed by atoms with E-state index in [4.69, 9.17) is 0 Å². The van der Waals surface area contributed by atoms with Crippen molar-refractivity contribution in [3.63, 3.8) is 0 Å². The Bertz CT molecular complexity index is 648. The number of hydrogen-bond donors (Lipinski definition) is 1. The molecule has 0 unspecified atom stereocenters. The zero-order valence-electron chi connectivity index (χ0n) is 13.7. The average Bonchev–Trinajstić information content (AvgIpc) is 3.39. The number of carbonyl (C=O) groups excluding carboxylic acids is 1. The van der Waals surface area contributed by atoms with Crippen molar-refractivity contribution in [2.75, 3.05) is 10.2 Å². The Hall–Kier alpha value is -2.36. The molecule has 2 aromatic rings. The molecule has 0 spiro atoms. The highest BCUT2D eigenvalue weighted by molar-refractivity contribution is 5.93. The summed E-state index contributed by atoms with van der Waals surface area (Å²) in [5.41, 5.74) is 2.33. The predicted molar refractivity (Wildman–Crippen MR) is 93.4 cm³/mol. The Labute approximate surface area is 137 Å². The maximum Gasteiger partial charge on any atom is 0.228 e. The molecular weight excluding hydrogens is 286 g/mol. The van der Waals surface area contributed by atoms with Crippen LogP contribution in [0.15, 0.2) is 48.7 Å². The number of nitrogens with zero attached hydrogens (tertiary/aromatic N) is 2. The first-order valence-corrected chi connectivity index (χ1v) is 8.21. The fourth-order valence-corrected chi connectivity index (χ4v) is 2.56. The molecule has 1 heterocycles. The highest BCUT2D eigenvalue weighted by Crippen LogP contribution is 2.30. The minimum absolute atomic E-state index is 0.0928. The molecule has 0 aliphatic heterocycles. The van der Waals surface area contributed by atoms with Gasteiger partial charge in [0.1, 0.15) is 5.82 Å². The van der Waals surface area contributed by atoms with Gasteiger partial charge in [-0.05, 0) is 44.4 Å². The molecule has 4 heteroatoms. The van der Waals surface area contributed by atoms with E-state index in [-0.39, 0.29) is 11.8 Å². The van der Waals surface area contributed by atoms with Crippen molar-refractivity contribution in [3.8, 4) is 0 Å². The molecule has 1 aliphatic carbocycles. The highest BCUT2D eigenvalue weighted by atomic mass is 16.2. The van der Waals surface area contributed by atoms with Crippen molar-refractivity contribution in [3.05, 3.63) is 54.2 Å². The summed E-state index contributed by atoms with van der Waals surface area (Å²) in [6.07, 6.45) is 3.84. The van der Waals surface area contributed by atoms with Gasteiger partial charge >= 0.3 is 0 Å². The Morgan fingerprint density at radius 1 is 1.22 bits per heavy atom. The van der Waals surface area contributed by atoms with Crippen molar-refractivity contribution in [2.45, 2.75) is 39.3 Å². The summed E-state index contributed by atoms with van der Waals surface area (Å²) in [4.78, 5) is 18.5. The number of benzene rings is 1. The molecule has 4 nitrogen and oxygen atoms in total. The summed E-state index contributed by atoms with van der Waals surface area (Å²) >= 11 is 0. The van der Waals surface area contributed by atoms with Crippen molar-refractivity contribution in [2.24, 2.45) is 5.92 Å². The fourth-order valence-electron chi connectivity index (χ4n) is 2.56. The molecule has 0 bridgehead atoms. The number of amides is 1. The smallest absolute Gasteiger partial charge is 0.228 e. The Morgan fingerprint density at radius 3 is 2.52 bits per heavy atom. The highest BCUT2D eigenvalue weighted by Gasteiger charge is 2.29. The van der Waals surface area contributed by atoms with Gasteiger partial charge in [0.05, 0.1) is 11.9 Å². The SMILES string of the molecule is CC(C)N(Cc1ccccc1)c1ccc(NC(=O)C2CC2)nc1. The van der Waals surface area contributed by atoms with Crippen molar-refractivity contribution >= 4 is 17.4 Å². The maximum atomic E-state index is 11.8. The Balaban J connectivity index is 1.70. The van der Waals surface area contributed by atoms with Crippen molar-refractivity contribution < 1.29 is 4.79 Å². The molecular formula is C19H23N3O. The van der Waals surface area contributed by atoms with Crippen molar-refractivity contribution in [1.29, 1.82) is 0 Å². The molecule has 3 rings (SSSR count). The van der Waals surface area contributed by atoms with Gasteiger partial charge in [-0.1, -0.05) is 30.3 Å². The van der Waals surface area contributed by atoms with Gasteiger partial charge in [0.15, 0.2) is 0 Å². The van der Waals surface area contributed by atoms with E-state index in [1.807, 2.05) is 24.4 Å². The van der Waals surface area contributed by atoms with Crippen LogP contribution in [-0.2, 0) is 11.3 Å². The Morgan fingerprint density at radius 2 is 1.96 bits per heavy atom. The molecule has 120 valence electrons. The number of anilines is 2. The topological polar surface area (TPSA) is 45.2 Å². The first kappa shape index (κ1) is 15.5. The number of rotatable bonds is 6. The molecule has 1 saturated carbocycles. The van der Waals surface area contributed by atoms with Gasteiger partial charge in [-0.2, -0.15) is 0 Å². The molecule has 1 aromatic carbocycles. The third kappa shape index (κ3) is 4.09. The molecule has 0 saturated heterocycles. The zero-order valence-corrected chi connectivity index (χ0v) is 13.7. The first-order valence-electron chi connectivity index (χ1n) is 8.21. The van der Waals surface area contributed by atoms with Gasteiger partial charge in [0.2, 0.25) is 5.91 Å². The van der Waals surface area contributed by atoms with Gasteiger partial charge in [0, 0.05) is 18.5 Å². The van der Waals surface area contributed by atoms with E-state index in [2.05, 4.69) is 53.3 Å². The van der Waals surface area contributed by atoms with Gasteiger partial charge < -0.3 is 10.2 Å². The second-order valence-electron chi connectivity index (χ2n) is 6.37. The molecule has 1 N–H and O–H groups in total. The van der Waals surface area contributed by atoms with E-state index >= 15 is 0 Å². The molecule has 23 heavy (non-hydrogen) atoms. The lowest BCUT2D eigenvalue weighted by Gasteiger charge is -2.29. The van der Waals surface area contributed by atoms with Gasteiger partial charge in [-0.3, -0.25) is 4.79 Å². The molecule has 1 fully saturated rings. The van der Waals surface area contributed by atoms with E-state index in [1.54, 1.807) is 0 Å². The summed E-state index contributed by atoms with van der Waals surface area (Å²) < 4.78 is 0. The second-order valence-corrected chi connectivity index (χ2v) is 6.37. The molecule has 1 amide bonds. The minimum atomic E-state index is 0.0928. The minimum Gasteiger partial charge on any atom is -0.364 e. The van der Waals surface area contributed by atoms with Crippen LogP contribution >= 0.6 is 0 Å². The zero-order chi connectivity index (χ0) is 16.2. The van der Waals surface area contributed by atoms with Gasteiger partial charge in [-0.15, -0.1) is 0 Å². The van der Waals surface area contributed by atoms with Crippen LogP contribution in [-0.4, -0.2) is 16.9 Å². The third-order valence-electron chi connectivity index (χ3n) is 4.10. The standard InChI is InChI=1S/C19H23N3O/c1-14(2)22(13-15-6-4-3-5-7-15)17-10-11-18(20-12-17)21-19(23)16-8-9-16/h3-7,10-12,14,16H,8-9,13H2,1-2H3,(H,20,21,23). The van der Waals surface area contributed by atoms with E-state index in [9.17, 15) is 4.79 Å². The van der Waals surface area contributed by atoms with E-state index in [0.29, 0.717) is 11.9 Å². The van der Waals surface area contributed by atoms with Crippen LogP contribution < -0.4 is 10.2 Å². The van der Waals surface area contributed by atoms with Crippen LogP contribution in [0.2, 0.25) is 0 Å². The molecule has 1 aromatic heterocycles. The van der Waals surface area contributed by atoms with E-state index < -0.39 is 0 Å². The number of nitrogens with one attached hydrogen (secondary N) is 1. The van der Waals surface area contributed by atoms with Gasteiger partial charge in [0.25, 0.3) is 0 Å². The summed E-state index contributed by atoms with van der Waals surface area (Å²) in [7, 11) is 0. The first-order chi connectivity index (χ1) is 11.1. The van der Waals surface area contributed by atoms with E-state index in [0.717, 1.165) is 25.1 Å². The predicted octanol–water partition coefficient (Wildman–Crippen LogP) is 3.85. The van der Waals surface area contributed by atoms with Crippen LogP contribution in [0.25, 0.3) is 0 Å². The summed E-state index contributed by atoms with van der Waals surface area (Å²) in [6, 6.07) is 14.7. The fraction of sp³-hybridized carbons (Fsp3) is 0.368. The lowest BCUT2D eigenvalue weighted by Crippen LogP contribution is -2.30. The van der Waals surface area contributed by atoms with Gasteiger partial charge in [-0.25, -0.2) is 4.98 Å². The van der Waals surface area contributed by atoms with Crippen LogP contribution in [0, 0.1) is 5.92 Å². The van der Waals surface area contributed by atoms with E-state index in [1.165, 1.54) is 5.56 Å². The van der Waals surface area contributed by atoms with Crippen LogP contribution in [0.1, 0.15) is 32.3 Å². The summed E-state index contributed by atoms with van der Waals surface area (Å²) in [6.45, 7) is 5.19. The summed E-state index contributed by atoms with van der Waals surface area (Å²) in [5, 5.41) is 2.88. The lowest BCUT2D eigenvalue weighted by molar-refractivity contribution is -0.117. The normalized spacial score (nSPS) is 13.9. The molecule has 1 aliphatic rings. The summed E-state index contributed by atoms with van der Waals surface area (Å²) in [5.74, 6) is 0.922. The second kappa shape index (κ2) is 6.82. The third-order valence-corrected chi connectivity index (χ3v) is 4.10. The quantitative estimate of drug-likeness (QED) is 0.881. The Kier molecular flexibility index (Phi) is 4.60. The van der Waals surface area contributed by atoms with Crippen molar-refractivity contribution in [1.82, 2.24) is 4.98 Å². The number of hydrogen-bond acceptors (Lipinski definition) is 3. The van der Waals surface area contributed by atoms with Crippen LogP contribution in [0.5, 0.6) is 0 Å². The number of aromatic nitrogens is 1. The average molecular weight is 309 g/mol. The lowest BCUT2D eigenvalue weighted by atomic mass is 10.1. The number of pyridine rings is 1. The maximum absolute atomic E-state index is 11.8. The van der Waals surface area contributed by atoms with Crippen LogP contribution in [0.4, 0.5) is 11.5 Å². The van der Waals surface area contributed by atoms with Crippen LogP contribution in [0.3, 0.4) is 0 Å². The molecule has 0 radical (unpaired) electrons. The monoisotopic (exact) mass is 309 g/mol.